The Morgan fingerprint density at radius 2 is 1.77 bits per heavy atom. The van der Waals surface area contributed by atoms with Gasteiger partial charge in [0, 0.05) is 0 Å². The summed E-state index contributed by atoms with van der Waals surface area (Å²) in [6.07, 6.45) is 21.8. The minimum Gasteiger partial charge on any atom is -0.328 e. The van der Waals surface area contributed by atoms with E-state index in [0.717, 1.165) is 0 Å². The van der Waals surface area contributed by atoms with Gasteiger partial charge in [-0.2, -0.15) is 30.7 Å². The normalized spacial score (nSPS) is 16.3. The number of thioether (sulfide) groups is 1. The molecule has 0 saturated heterocycles. The molecule has 0 nitrogen and oxygen atoms in total. The molecule has 124 valence electrons. The Morgan fingerprint density at radius 1 is 1.09 bits per heavy atom. The van der Waals surface area contributed by atoms with E-state index < -0.39 is 0 Å². The van der Waals surface area contributed by atoms with E-state index in [-0.39, 0.29) is 63.3 Å². The van der Waals surface area contributed by atoms with Crippen molar-refractivity contribution in [1.29, 1.82) is 0 Å². The second-order valence-electron chi connectivity index (χ2n) is 4.04. The second kappa shape index (κ2) is 23.9. The summed E-state index contributed by atoms with van der Waals surface area (Å²) in [4.78, 5) is 0. The van der Waals surface area contributed by atoms with E-state index in [0.29, 0.717) is 6.42 Å². The smallest absolute Gasteiger partial charge is 0.328 e. The van der Waals surface area contributed by atoms with Crippen molar-refractivity contribution in [2.75, 3.05) is 0 Å². The zero-order valence-electron chi connectivity index (χ0n) is 13.0. The van der Waals surface area contributed by atoms with Crippen molar-refractivity contribution in [3.8, 4) is 0 Å². The summed E-state index contributed by atoms with van der Waals surface area (Å²) in [6.45, 7) is 0. The molecule has 0 aromatic rings. The molecule has 1 heterocycles. The molecular formula is C16H25Cl2FSSiTi. The zero-order valence-corrected chi connectivity index (χ0v) is 19.0. The van der Waals surface area contributed by atoms with Crippen LogP contribution in [0.15, 0.2) is 41.6 Å². The van der Waals surface area contributed by atoms with E-state index >= 15 is 0 Å². The molecule has 0 aromatic heterocycles. The van der Waals surface area contributed by atoms with Gasteiger partial charge in [0.25, 0.3) is 0 Å². The van der Waals surface area contributed by atoms with Crippen molar-refractivity contribution in [1.82, 2.24) is 0 Å². The Bertz CT molecular complexity index is 304. The van der Waals surface area contributed by atoms with Gasteiger partial charge >= 0.3 is 21.7 Å². The van der Waals surface area contributed by atoms with Gasteiger partial charge in [-0.25, -0.2) is 34.4 Å². The summed E-state index contributed by atoms with van der Waals surface area (Å²) in [6, 6.07) is 0. The summed E-state index contributed by atoms with van der Waals surface area (Å²) in [5, 5.41) is 2.04. The van der Waals surface area contributed by atoms with Crippen molar-refractivity contribution in [2.24, 2.45) is 0 Å². The molecule has 3 rings (SSSR count). The van der Waals surface area contributed by atoms with Gasteiger partial charge in [-0.1, -0.05) is 24.7 Å². The third-order valence-corrected chi connectivity index (χ3v) is 3.13. The maximum atomic E-state index is 11.6. The van der Waals surface area contributed by atoms with Gasteiger partial charge in [-0.05, 0) is 16.8 Å². The van der Waals surface area contributed by atoms with Gasteiger partial charge in [0.15, 0.2) is 0 Å². The Morgan fingerprint density at radius 3 is 1.91 bits per heavy atom. The van der Waals surface area contributed by atoms with Gasteiger partial charge in [-0.3, -0.25) is 0 Å². The van der Waals surface area contributed by atoms with Crippen LogP contribution in [0.5, 0.6) is 0 Å². The van der Waals surface area contributed by atoms with Crippen LogP contribution in [0.3, 0.4) is 0 Å². The molecule has 1 fully saturated rings. The van der Waals surface area contributed by atoms with Gasteiger partial charge in [0.2, 0.25) is 0 Å². The summed E-state index contributed by atoms with van der Waals surface area (Å²) >= 11 is 1.70. The van der Waals surface area contributed by atoms with Crippen molar-refractivity contribution in [3.05, 3.63) is 59.9 Å². The molecule has 2 aliphatic carbocycles. The Labute approximate surface area is 171 Å². The number of halogens is 3. The maximum absolute atomic E-state index is 11.6. The van der Waals surface area contributed by atoms with E-state index in [1.165, 1.54) is 38.2 Å². The molecule has 0 amide bonds. The molecule has 0 unspecified atom stereocenters. The summed E-state index contributed by atoms with van der Waals surface area (Å²) in [5.41, 5.74) is 0. The molecule has 1 aliphatic heterocycles. The SMILES string of the molecule is C1=C[CH-]SC=C1.Cl.Cl.FC1=[C-]CC=C1.[CH-]1CCCCC1.[SiH3].[Ti+3]. The average Bonchev–Trinajstić information content (AvgIpc) is 2.95. The topological polar surface area (TPSA) is 0 Å². The van der Waals surface area contributed by atoms with Crippen LogP contribution in [-0.2, 0) is 21.7 Å². The van der Waals surface area contributed by atoms with E-state index in [1.807, 2.05) is 29.4 Å². The quantitative estimate of drug-likeness (QED) is 0.378. The van der Waals surface area contributed by atoms with Gasteiger partial charge in [0.05, 0.1) is 0 Å². The maximum Gasteiger partial charge on any atom is 3.00 e. The van der Waals surface area contributed by atoms with E-state index in [1.54, 1.807) is 17.8 Å². The minimum absolute atomic E-state index is 0. The van der Waals surface area contributed by atoms with E-state index in [9.17, 15) is 4.39 Å². The second-order valence-corrected chi connectivity index (χ2v) is 4.86. The van der Waals surface area contributed by atoms with Crippen LogP contribution in [0.2, 0.25) is 0 Å². The number of allylic oxidation sites excluding steroid dienone is 6. The van der Waals surface area contributed by atoms with Crippen molar-refractivity contribution in [2.45, 2.75) is 38.5 Å². The standard InChI is InChI=1S/C6H11.C5H4F.C5H5S.2ClH.H3Si.Ti/c1-2-4-6-5-3-1;6-5-3-1-2-4-5;1-2-4-6-5-3-1;;;;/h1H,2-6H2;1,3H,2H2;1-5H;2*1H;1H3;/q3*-1;;;;+3. The fraction of sp³-hybridized carbons (Fsp3) is 0.375. The van der Waals surface area contributed by atoms with Crippen LogP contribution in [-0.4, -0.2) is 11.0 Å². The summed E-state index contributed by atoms with van der Waals surface area (Å²) < 4.78 is 11.6. The van der Waals surface area contributed by atoms with Crippen LogP contribution in [0.4, 0.5) is 4.39 Å². The minimum atomic E-state index is -0.227. The molecule has 22 heavy (non-hydrogen) atoms. The first kappa shape index (κ1) is 30.5. The summed E-state index contributed by atoms with van der Waals surface area (Å²) in [7, 11) is 0. The van der Waals surface area contributed by atoms with E-state index in [4.69, 9.17) is 0 Å². The molecule has 0 aromatic carbocycles. The van der Waals surface area contributed by atoms with Crippen molar-refractivity contribution < 1.29 is 26.1 Å². The van der Waals surface area contributed by atoms with Crippen LogP contribution < -0.4 is 0 Å². The molecular weight excluding hydrogens is 390 g/mol. The van der Waals surface area contributed by atoms with Crippen LogP contribution in [0.1, 0.15) is 38.5 Å². The zero-order chi connectivity index (χ0) is 12.9. The van der Waals surface area contributed by atoms with Crippen LogP contribution >= 0.6 is 36.6 Å². The number of rotatable bonds is 0. The van der Waals surface area contributed by atoms with Gasteiger partial charge in [-0.15, -0.1) is 37.3 Å². The molecule has 0 N–H and O–H groups in total. The van der Waals surface area contributed by atoms with Crippen LogP contribution in [0.25, 0.3) is 0 Å². The molecule has 1 saturated carbocycles. The Kier molecular flexibility index (Phi) is 33.1. The predicted octanol–water partition coefficient (Wildman–Crippen LogP) is 5.38. The molecule has 0 atom stereocenters. The van der Waals surface area contributed by atoms with Crippen molar-refractivity contribution >= 4 is 47.5 Å². The molecule has 2 radical (unpaired) electrons. The van der Waals surface area contributed by atoms with Gasteiger partial charge in [0.1, 0.15) is 0 Å². The fourth-order valence-electron chi connectivity index (χ4n) is 1.57. The van der Waals surface area contributed by atoms with Crippen LogP contribution in [0, 0.1) is 18.2 Å². The monoisotopic (exact) mass is 414 g/mol. The van der Waals surface area contributed by atoms with Crippen molar-refractivity contribution in [3.63, 3.8) is 0 Å². The van der Waals surface area contributed by atoms with E-state index in [2.05, 4.69) is 12.5 Å². The largest absolute Gasteiger partial charge is 3.00 e. The first-order valence-electron chi connectivity index (χ1n) is 6.44. The predicted molar refractivity (Wildman–Crippen MR) is 104 cm³/mol. The first-order valence-corrected chi connectivity index (χ1v) is 7.39. The van der Waals surface area contributed by atoms with Gasteiger partial charge < -0.3 is 6.42 Å². The first-order chi connectivity index (χ1) is 8.89. The molecule has 0 bridgehead atoms. The number of hydrogen-bond donors (Lipinski definition) is 0. The Balaban J connectivity index is -0.000000101. The average molecular weight is 415 g/mol. The summed E-state index contributed by atoms with van der Waals surface area (Å²) in [5.74, 6) is 1.81. The third kappa shape index (κ3) is 20.6. The molecule has 0 spiro atoms. The molecule has 3 aliphatic rings. The number of hydrogen-bond acceptors (Lipinski definition) is 1. The molecule has 6 heteroatoms. The Hall–Kier alpha value is 0.621. The third-order valence-electron chi connectivity index (χ3n) is 2.51. The fourth-order valence-corrected chi connectivity index (χ4v) is 2.02.